The van der Waals surface area contributed by atoms with Crippen LogP contribution in [0.3, 0.4) is 0 Å². The maximum atomic E-state index is 11.3. The van der Waals surface area contributed by atoms with Gasteiger partial charge in [0.05, 0.1) is 14.2 Å². The van der Waals surface area contributed by atoms with Gasteiger partial charge in [0.2, 0.25) is 0 Å². The van der Waals surface area contributed by atoms with Crippen LogP contribution in [-0.4, -0.2) is 24.4 Å². The first-order chi connectivity index (χ1) is 17.4. The van der Waals surface area contributed by atoms with Crippen LogP contribution in [0.15, 0.2) is 60.7 Å². The van der Waals surface area contributed by atoms with E-state index in [-0.39, 0.29) is 0 Å². The van der Waals surface area contributed by atoms with Crippen LogP contribution in [0.1, 0.15) is 55.6 Å². The minimum absolute atomic E-state index is 0.311. The number of hydrogen-bond acceptors (Lipinski definition) is 4. The number of methoxy groups -OCH3 is 2. The highest BCUT2D eigenvalue weighted by molar-refractivity contribution is 5.56. The first-order valence-corrected chi connectivity index (χ1v) is 12.3. The number of hydrogen-bond donors (Lipinski definition) is 2. The number of fused-ring (bicyclic) bond motifs is 8. The van der Waals surface area contributed by atoms with E-state index in [0.29, 0.717) is 37.2 Å². The van der Waals surface area contributed by atoms with E-state index in [1.165, 1.54) is 0 Å². The fourth-order valence-corrected chi connectivity index (χ4v) is 5.59. The van der Waals surface area contributed by atoms with E-state index in [9.17, 15) is 10.2 Å². The molecule has 5 rings (SSSR count). The number of phenols is 2. The molecule has 2 N–H and O–H groups in total. The molecule has 4 nitrogen and oxygen atoms in total. The molecule has 1 aliphatic rings. The van der Waals surface area contributed by atoms with Gasteiger partial charge in [0.25, 0.3) is 0 Å². The summed E-state index contributed by atoms with van der Waals surface area (Å²) in [6.45, 7) is 4.12. The Hall–Kier alpha value is -3.92. The van der Waals surface area contributed by atoms with Crippen molar-refractivity contribution in [3.05, 3.63) is 116 Å². The zero-order chi connectivity index (χ0) is 25.4. The smallest absolute Gasteiger partial charge is 0.125 e. The Morgan fingerprint density at radius 2 is 0.778 bits per heavy atom. The van der Waals surface area contributed by atoms with E-state index in [2.05, 4.69) is 13.8 Å². The summed E-state index contributed by atoms with van der Waals surface area (Å²) in [7, 11) is 3.37. The summed E-state index contributed by atoms with van der Waals surface area (Å²) in [6.07, 6.45) is 2.17. The van der Waals surface area contributed by atoms with Crippen LogP contribution < -0.4 is 9.47 Å². The molecule has 0 aliphatic heterocycles. The molecule has 0 heterocycles. The second-order valence-corrected chi connectivity index (χ2v) is 9.79. The lowest BCUT2D eigenvalue weighted by Crippen LogP contribution is -2.04. The van der Waals surface area contributed by atoms with Crippen LogP contribution in [0.2, 0.25) is 0 Å². The van der Waals surface area contributed by atoms with Crippen molar-refractivity contribution in [1.29, 1.82) is 0 Å². The Bertz CT molecular complexity index is 1250. The first-order valence-electron chi connectivity index (χ1n) is 12.3. The van der Waals surface area contributed by atoms with Gasteiger partial charge in [0.15, 0.2) is 0 Å². The van der Waals surface area contributed by atoms with Crippen molar-refractivity contribution in [2.45, 2.75) is 39.5 Å². The van der Waals surface area contributed by atoms with Gasteiger partial charge < -0.3 is 19.7 Å². The molecule has 0 amide bonds. The third-order valence-corrected chi connectivity index (χ3v) is 7.11. The molecule has 4 heteroatoms. The van der Waals surface area contributed by atoms with Gasteiger partial charge in [-0.2, -0.15) is 0 Å². The molecule has 184 valence electrons. The van der Waals surface area contributed by atoms with E-state index in [1.807, 2.05) is 60.7 Å². The van der Waals surface area contributed by atoms with Gasteiger partial charge in [-0.3, -0.25) is 0 Å². The van der Waals surface area contributed by atoms with Gasteiger partial charge in [-0.05, 0) is 58.4 Å². The summed E-state index contributed by atoms with van der Waals surface area (Å²) in [4.78, 5) is 0. The highest BCUT2D eigenvalue weighted by Gasteiger charge is 2.20. The molecule has 8 bridgehead atoms. The zero-order valence-electron chi connectivity index (χ0n) is 21.3. The molecule has 4 aromatic rings. The van der Waals surface area contributed by atoms with Crippen molar-refractivity contribution in [1.82, 2.24) is 0 Å². The molecule has 0 unspecified atom stereocenters. The minimum atomic E-state index is 0.311. The van der Waals surface area contributed by atoms with Gasteiger partial charge in [-0.1, -0.05) is 71.8 Å². The number of benzene rings is 4. The number of rotatable bonds is 2. The monoisotopic (exact) mass is 480 g/mol. The van der Waals surface area contributed by atoms with Crippen LogP contribution >= 0.6 is 0 Å². The van der Waals surface area contributed by atoms with Crippen LogP contribution in [0.4, 0.5) is 0 Å². The molecule has 4 aromatic carbocycles. The maximum Gasteiger partial charge on any atom is 0.125 e. The zero-order valence-corrected chi connectivity index (χ0v) is 21.3. The third-order valence-electron chi connectivity index (χ3n) is 7.11. The summed E-state index contributed by atoms with van der Waals surface area (Å²) in [5, 5.41) is 22.7. The van der Waals surface area contributed by atoms with Crippen LogP contribution in [0, 0.1) is 13.8 Å². The molecule has 36 heavy (non-hydrogen) atoms. The third kappa shape index (κ3) is 4.39. The lowest BCUT2D eigenvalue weighted by atomic mass is 9.90. The molecule has 0 atom stereocenters. The van der Waals surface area contributed by atoms with Crippen molar-refractivity contribution in [2.75, 3.05) is 14.2 Å². The summed E-state index contributed by atoms with van der Waals surface area (Å²) >= 11 is 0. The molecular weight excluding hydrogens is 448 g/mol. The van der Waals surface area contributed by atoms with Crippen molar-refractivity contribution in [3.8, 4) is 23.0 Å². The number of aryl methyl sites for hydroxylation is 2. The molecular formula is C32H32O4. The largest absolute Gasteiger partial charge is 0.507 e. The summed E-state index contributed by atoms with van der Waals surface area (Å²) in [6, 6.07) is 20.4. The molecule has 0 fully saturated rings. The topological polar surface area (TPSA) is 58.9 Å². The predicted molar refractivity (Wildman–Crippen MR) is 143 cm³/mol. The fraction of sp³-hybridized carbons (Fsp3) is 0.250. The van der Waals surface area contributed by atoms with Crippen LogP contribution in [0.25, 0.3) is 0 Å². The van der Waals surface area contributed by atoms with Gasteiger partial charge in [-0.25, -0.2) is 0 Å². The summed E-state index contributed by atoms with van der Waals surface area (Å²) < 4.78 is 11.8. The van der Waals surface area contributed by atoms with Crippen LogP contribution in [0.5, 0.6) is 23.0 Å². The Kier molecular flexibility index (Phi) is 6.36. The van der Waals surface area contributed by atoms with Crippen molar-refractivity contribution < 1.29 is 19.7 Å². The van der Waals surface area contributed by atoms with E-state index in [4.69, 9.17) is 9.47 Å². The fourth-order valence-electron chi connectivity index (χ4n) is 5.59. The van der Waals surface area contributed by atoms with Gasteiger partial charge >= 0.3 is 0 Å². The van der Waals surface area contributed by atoms with Gasteiger partial charge in [0.1, 0.15) is 23.0 Å². The van der Waals surface area contributed by atoms with E-state index in [0.717, 1.165) is 67.1 Å². The molecule has 0 saturated heterocycles. The number of para-hydroxylation sites is 2. The normalized spacial score (nSPS) is 12.8. The van der Waals surface area contributed by atoms with Crippen molar-refractivity contribution in [3.63, 3.8) is 0 Å². The Morgan fingerprint density at radius 3 is 1.03 bits per heavy atom. The summed E-state index contributed by atoms with van der Waals surface area (Å²) in [5.41, 5.74) is 9.65. The second kappa shape index (κ2) is 9.62. The predicted octanol–water partition coefficient (Wildman–Crippen LogP) is 6.41. The lowest BCUT2D eigenvalue weighted by Gasteiger charge is -2.20. The molecule has 0 aromatic heterocycles. The van der Waals surface area contributed by atoms with E-state index < -0.39 is 0 Å². The Morgan fingerprint density at radius 1 is 0.500 bits per heavy atom. The average molecular weight is 481 g/mol. The van der Waals surface area contributed by atoms with Crippen molar-refractivity contribution in [2.24, 2.45) is 0 Å². The highest BCUT2D eigenvalue weighted by atomic mass is 16.5. The molecule has 1 aliphatic carbocycles. The van der Waals surface area contributed by atoms with Gasteiger partial charge in [0, 0.05) is 25.7 Å². The molecule has 0 spiro atoms. The second-order valence-electron chi connectivity index (χ2n) is 9.79. The minimum Gasteiger partial charge on any atom is -0.507 e. The SMILES string of the molecule is COc1c2cccc1Cc1cc(C)cc(c1O)Cc1cccc(c1OC)Cc1cc(C)cc(c1O)C2. The Labute approximate surface area is 212 Å². The average Bonchev–Trinajstić information content (AvgIpc) is 2.84. The van der Waals surface area contributed by atoms with E-state index in [1.54, 1.807) is 14.2 Å². The van der Waals surface area contributed by atoms with Crippen molar-refractivity contribution >= 4 is 0 Å². The standard InChI is InChI=1S/C32H32O4/c1-19-11-25-15-21-7-5-9-23(31(21)35-3)17-27-13-20(2)14-28(30(27)34)18-24-10-6-8-22(32(24)36-4)16-26(12-19)29(25)33/h5-14,33-34H,15-18H2,1-4H3. The lowest BCUT2D eigenvalue weighted by molar-refractivity contribution is 0.404. The van der Waals surface area contributed by atoms with Crippen LogP contribution in [-0.2, 0) is 25.7 Å². The number of ether oxygens (including phenoxy) is 2. The molecule has 0 radical (unpaired) electrons. The molecule has 0 saturated carbocycles. The van der Waals surface area contributed by atoms with Gasteiger partial charge in [-0.15, -0.1) is 0 Å². The maximum absolute atomic E-state index is 11.3. The quantitative estimate of drug-likeness (QED) is 0.307. The number of phenolic OH excluding ortho intramolecular Hbond substituents is 2. The number of aromatic hydroxyl groups is 2. The highest BCUT2D eigenvalue weighted by Crippen LogP contribution is 2.38. The summed E-state index contributed by atoms with van der Waals surface area (Å²) in [5.74, 6) is 2.21. The van der Waals surface area contributed by atoms with E-state index >= 15 is 0 Å². The first kappa shape index (κ1) is 23.8. The Balaban J connectivity index is 1.77.